The Kier molecular flexibility index (Phi) is 3.69. The van der Waals surface area contributed by atoms with E-state index in [4.69, 9.17) is 9.47 Å². The molecule has 0 aromatic heterocycles. The highest BCUT2D eigenvalue weighted by Crippen LogP contribution is 2.24. The minimum Gasteiger partial charge on any atom is -0.491 e. The zero-order valence-electron chi connectivity index (χ0n) is 11.7. The standard InChI is InChI=1S/C16H16O4S/c1-12-2-6-15(7-3-12)21(17,18)16-8-4-13(5-9-16)19-10-14-11-20-14/h2-9,14H,10-11H2,1H3. The van der Waals surface area contributed by atoms with Crippen molar-refractivity contribution in [3.05, 3.63) is 54.1 Å². The van der Waals surface area contributed by atoms with E-state index >= 15 is 0 Å². The summed E-state index contributed by atoms with van der Waals surface area (Å²) < 4.78 is 35.5. The van der Waals surface area contributed by atoms with Gasteiger partial charge in [0.15, 0.2) is 0 Å². The van der Waals surface area contributed by atoms with Crippen LogP contribution in [0.4, 0.5) is 0 Å². The van der Waals surface area contributed by atoms with Crippen molar-refractivity contribution in [2.24, 2.45) is 0 Å². The van der Waals surface area contributed by atoms with Crippen LogP contribution in [0.1, 0.15) is 5.56 Å². The molecule has 0 radical (unpaired) electrons. The normalized spacial score (nSPS) is 17.5. The molecule has 1 unspecified atom stereocenters. The van der Waals surface area contributed by atoms with Crippen LogP contribution in [0.5, 0.6) is 5.75 Å². The van der Waals surface area contributed by atoms with E-state index in [1.165, 1.54) is 0 Å². The minimum atomic E-state index is -3.47. The van der Waals surface area contributed by atoms with Crippen molar-refractivity contribution in [2.75, 3.05) is 13.2 Å². The first-order chi connectivity index (χ1) is 10.1. The lowest BCUT2D eigenvalue weighted by Gasteiger charge is -2.07. The van der Waals surface area contributed by atoms with Gasteiger partial charge in [-0.25, -0.2) is 8.42 Å². The van der Waals surface area contributed by atoms with Crippen molar-refractivity contribution in [3.8, 4) is 5.75 Å². The largest absolute Gasteiger partial charge is 0.491 e. The summed E-state index contributed by atoms with van der Waals surface area (Å²) in [4.78, 5) is 0.564. The highest BCUT2D eigenvalue weighted by Gasteiger charge is 2.23. The molecule has 5 heteroatoms. The van der Waals surface area contributed by atoms with E-state index in [-0.39, 0.29) is 11.0 Å². The van der Waals surface area contributed by atoms with Crippen molar-refractivity contribution in [1.82, 2.24) is 0 Å². The first kappa shape index (κ1) is 14.1. The molecule has 1 heterocycles. The number of epoxide rings is 1. The predicted octanol–water partition coefficient (Wildman–Crippen LogP) is 2.61. The zero-order chi connectivity index (χ0) is 14.9. The molecule has 3 rings (SSSR count). The quantitative estimate of drug-likeness (QED) is 0.797. The number of ether oxygens (including phenoxy) is 2. The maximum atomic E-state index is 12.5. The van der Waals surface area contributed by atoms with Gasteiger partial charge in [0.1, 0.15) is 18.5 Å². The molecule has 1 atom stereocenters. The van der Waals surface area contributed by atoms with Gasteiger partial charge in [0.2, 0.25) is 9.84 Å². The lowest BCUT2D eigenvalue weighted by atomic mass is 10.2. The molecule has 1 aliphatic heterocycles. The number of rotatable bonds is 5. The molecule has 0 aliphatic carbocycles. The Hall–Kier alpha value is -1.85. The van der Waals surface area contributed by atoms with E-state index in [0.717, 1.165) is 12.2 Å². The molecule has 0 spiro atoms. The Morgan fingerprint density at radius 2 is 1.57 bits per heavy atom. The number of hydrogen-bond acceptors (Lipinski definition) is 4. The molecule has 1 aliphatic rings. The summed E-state index contributed by atoms with van der Waals surface area (Å²) in [5.41, 5.74) is 1.03. The van der Waals surface area contributed by atoms with Crippen LogP contribution in [0.2, 0.25) is 0 Å². The summed E-state index contributed by atoms with van der Waals surface area (Å²) in [7, 11) is -3.47. The van der Waals surface area contributed by atoms with Gasteiger partial charge in [-0.2, -0.15) is 0 Å². The SMILES string of the molecule is Cc1ccc(S(=O)(=O)c2ccc(OCC3CO3)cc2)cc1. The molecular formula is C16H16O4S. The second-order valence-electron chi connectivity index (χ2n) is 5.05. The number of aryl methyl sites for hydroxylation is 1. The van der Waals surface area contributed by atoms with Gasteiger partial charge in [-0.15, -0.1) is 0 Å². The smallest absolute Gasteiger partial charge is 0.206 e. The van der Waals surface area contributed by atoms with Gasteiger partial charge in [-0.3, -0.25) is 0 Å². The van der Waals surface area contributed by atoms with E-state index in [1.807, 2.05) is 6.92 Å². The minimum absolute atomic E-state index is 0.181. The van der Waals surface area contributed by atoms with Crippen molar-refractivity contribution < 1.29 is 17.9 Å². The van der Waals surface area contributed by atoms with Gasteiger partial charge in [0, 0.05) is 0 Å². The fraction of sp³-hybridized carbons (Fsp3) is 0.250. The number of hydrogen-bond donors (Lipinski definition) is 0. The highest BCUT2D eigenvalue weighted by molar-refractivity contribution is 7.91. The first-order valence-corrected chi connectivity index (χ1v) is 8.20. The third-order valence-electron chi connectivity index (χ3n) is 3.30. The van der Waals surface area contributed by atoms with Crippen LogP contribution >= 0.6 is 0 Å². The predicted molar refractivity (Wildman–Crippen MR) is 78.3 cm³/mol. The molecule has 0 N–H and O–H groups in total. The molecule has 0 saturated carbocycles. The van der Waals surface area contributed by atoms with Gasteiger partial charge in [-0.05, 0) is 43.3 Å². The summed E-state index contributed by atoms with van der Waals surface area (Å²) in [6.45, 7) is 3.16. The number of benzene rings is 2. The van der Waals surface area contributed by atoms with Crippen LogP contribution < -0.4 is 4.74 Å². The molecule has 4 nitrogen and oxygen atoms in total. The van der Waals surface area contributed by atoms with Crippen LogP contribution in [0.15, 0.2) is 58.3 Å². The Bertz CT molecular complexity index is 714. The van der Waals surface area contributed by atoms with Crippen molar-refractivity contribution >= 4 is 9.84 Å². The van der Waals surface area contributed by atoms with Gasteiger partial charge < -0.3 is 9.47 Å². The van der Waals surface area contributed by atoms with E-state index < -0.39 is 9.84 Å². The lowest BCUT2D eigenvalue weighted by molar-refractivity contribution is 0.263. The lowest BCUT2D eigenvalue weighted by Crippen LogP contribution is -2.05. The molecule has 110 valence electrons. The van der Waals surface area contributed by atoms with E-state index in [1.54, 1.807) is 48.5 Å². The Balaban J connectivity index is 1.79. The molecule has 21 heavy (non-hydrogen) atoms. The maximum absolute atomic E-state index is 12.5. The zero-order valence-corrected chi connectivity index (χ0v) is 12.5. The van der Waals surface area contributed by atoms with Crippen LogP contribution in [-0.2, 0) is 14.6 Å². The summed E-state index contributed by atoms with van der Waals surface area (Å²) in [5, 5.41) is 0. The second kappa shape index (κ2) is 5.50. The highest BCUT2D eigenvalue weighted by atomic mass is 32.2. The van der Waals surface area contributed by atoms with Crippen LogP contribution in [-0.4, -0.2) is 27.7 Å². The second-order valence-corrected chi connectivity index (χ2v) is 7.00. The first-order valence-electron chi connectivity index (χ1n) is 6.72. The van der Waals surface area contributed by atoms with E-state index in [2.05, 4.69) is 0 Å². The van der Waals surface area contributed by atoms with Gasteiger partial charge >= 0.3 is 0 Å². The van der Waals surface area contributed by atoms with E-state index in [9.17, 15) is 8.42 Å². The Labute approximate surface area is 124 Å². The van der Waals surface area contributed by atoms with Gasteiger partial charge in [0.05, 0.1) is 16.4 Å². The summed E-state index contributed by atoms with van der Waals surface area (Å²) >= 11 is 0. The van der Waals surface area contributed by atoms with E-state index in [0.29, 0.717) is 17.3 Å². The number of sulfone groups is 1. The third-order valence-corrected chi connectivity index (χ3v) is 5.09. The summed E-state index contributed by atoms with van der Waals surface area (Å²) in [6.07, 6.45) is 0.181. The fourth-order valence-electron chi connectivity index (χ4n) is 1.92. The summed E-state index contributed by atoms with van der Waals surface area (Å²) in [6, 6.07) is 13.3. The Morgan fingerprint density at radius 1 is 1.05 bits per heavy atom. The van der Waals surface area contributed by atoms with Crippen LogP contribution in [0.3, 0.4) is 0 Å². The Morgan fingerprint density at radius 3 is 2.10 bits per heavy atom. The average Bonchev–Trinajstić information content (AvgIpc) is 3.30. The molecular weight excluding hydrogens is 288 g/mol. The van der Waals surface area contributed by atoms with Crippen molar-refractivity contribution in [1.29, 1.82) is 0 Å². The molecule has 1 saturated heterocycles. The van der Waals surface area contributed by atoms with Crippen molar-refractivity contribution in [3.63, 3.8) is 0 Å². The summed E-state index contributed by atoms with van der Waals surface area (Å²) in [5.74, 6) is 0.647. The molecule has 0 amide bonds. The van der Waals surface area contributed by atoms with Gasteiger partial charge in [-0.1, -0.05) is 17.7 Å². The molecule has 0 bridgehead atoms. The van der Waals surface area contributed by atoms with Gasteiger partial charge in [0.25, 0.3) is 0 Å². The topological polar surface area (TPSA) is 55.9 Å². The van der Waals surface area contributed by atoms with Crippen LogP contribution in [0, 0.1) is 6.92 Å². The average molecular weight is 304 g/mol. The fourth-order valence-corrected chi connectivity index (χ4v) is 3.18. The molecule has 2 aromatic carbocycles. The maximum Gasteiger partial charge on any atom is 0.206 e. The molecule has 2 aromatic rings. The van der Waals surface area contributed by atoms with Crippen LogP contribution in [0.25, 0.3) is 0 Å². The molecule has 1 fully saturated rings. The van der Waals surface area contributed by atoms with Crippen molar-refractivity contribution in [2.45, 2.75) is 22.8 Å². The monoisotopic (exact) mass is 304 g/mol. The third kappa shape index (κ3) is 3.25.